The summed E-state index contributed by atoms with van der Waals surface area (Å²) >= 11 is 0. The number of rotatable bonds is 3. The van der Waals surface area contributed by atoms with Crippen molar-refractivity contribution in [1.29, 1.82) is 0 Å². The molecule has 2 N–H and O–H groups in total. The van der Waals surface area contributed by atoms with E-state index in [1.54, 1.807) is 0 Å². The summed E-state index contributed by atoms with van der Waals surface area (Å²) < 4.78 is 12.8. The molecule has 4 nitrogen and oxygen atoms in total. The first-order chi connectivity index (χ1) is 7.53. The fourth-order valence-electron chi connectivity index (χ4n) is 1.44. The second kappa shape index (κ2) is 3.59. The number of carbonyl (C=O) groups is 2. The lowest BCUT2D eigenvalue weighted by molar-refractivity contribution is -0.140. The molecule has 1 fully saturated rings. The van der Waals surface area contributed by atoms with Crippen molar-refractivity contribution in [2.24, 2.45) is 0 Å². The minimum atomic E-state index is -1.14. The Morgan fingerprint density at radius 1 is 1.38 bits per heavy atom. The molecule has 1 aliphatic carbocycles. The van der Waals surface area contributed by atoms with E-state index in [4.69, 9.17) is 5.11 Å². The number of halogens is 1. The molecule has 0 aromatic heterocycles. The normalized spacial score (nSPS) is 16.6. The first kappa shape index (κ1) is 10.6. The van der Waals surface area contributed by atoms with Gasteiger partial charge in [-0.15, -0.1) is 0 Å². The Balaban J connectivity index is 2.12. The highest BCUT2D eigenvalue weighted by molar-refractivity contribution is 5.98. The van der Waals surface area contributed by atoms with Gasteiger partial charge in [0.2, 0.25) is 0 Å². The molecule has 16 heavy (non-hydrogen) atoms. The molecule has 1 aliphatic rings. The van der Waals surface area contributed by atoms with Crippen molar-refractivity contribution in [3.8, 4) is 0 Å². The van der Waals surface area contributed by atoms with Gasteiger partial charge in [-0.1, -0.05) is 6.07 Å². The number of carbonyl (C=O) groups excluding carboxylic acids is 1. The summed E-state index contributed by atoms with van der Waals surface area (Å²) in [6.45, 7) is 0. The molecule has 0 saturated heterocycles. The minimum absolute atomic E-state index is 0.132. The Morgan fingerprint density at radius 2 is 2.06 bits per heavy atom. The molecule has 0 spiro atoms. The fraction of sp³-hybridized carbons (Fsp3) is 0.273. The van der Waals surface area contributed by atoms with Gasteiger partial charge in [0.15, 0.2) is 0 Å². The Hall–Kier alpha value is -1.91. The SMILES string of the molecule is O=C(NC1(C(=O)O)CC1)c1cccc(F)c1. The smallest absolute Gasteiger partial charge is 0.329 e. The standard InChI is InChI=1S/C11H10FNO3/c12-8-3-1-2-7(6-8)9(14)13-11(4-5-11)10(15)16/h1-3,6H,4-5H2,(H,13,14)(H,15,16). The van der Waals surface area contributed by atoms with Crippen molar-refractivity contribution in [1.82, 2.24) is 5.32 Å². The van der Waals surface area contributed by atoms with Crippen LogP contribution in [0.5, 0.6) is 0 Å². The van der Waals surface area contributed by atoms with Gasteiger partial charge in [0, 0.05) is 5.56 Å². The van der Waals surface area contributed by atoms with Crippen LogP contribution in [-0.4, -0.2) is 22.5 Å². The molecular formula is C11H10FNO3. The first-order valence-electron chi connectivity index (χ1n) is 4.85. The zero-order chi connectivity index (χ0) is 11.8. The maximum Gasteiger partial charge on any atom is 0.329 e. The number of amides is 1. The highest BCUT2D eigenvalue weighted by Crippen LogP contribution is 2.35. The van der Waals surface area contributed by atoms with E-state index in [1.165, 1.54) is 18.2 Å². The van der Waals surface area contributed by atoms with Crippen molar-refractivity contribution in [3.63, 3.8) is 0 Å². The van der Waals surface area contributed by atoms with Gasteiger partial charge in [-0.2, -0.15) is 0 Å². The van der Waals surface area contributed by atoms with Gasteiger partial charge < -0.3 is 10.4 Å². The number of hydrogen-bond acceptors (Lipinski definition) is 2. The number of carboxylic acids is 1. The zero-order valence-electron chi connectivity index (χ0n) is 8.37. The third kappa shape index (κ3) is 1.88. The lowest BCUT2D eigenvalue weighted by atomic mass is 10.2. The molecule has 0 unspecified atom stereocenters. The van der Waals surface area contributed by atoms with Gasteiger partial charge in [-0.05, 0) is 31.0 Å². The monoisotopic (exact) mass is 223 g/mol. The molecule has 1 aromatic carbocycles. The quantitative estimate of drug-likeness (QED) is 0.808. The van der Waals surface area contributed by atoms with E-state index in [1.807, 2.05) is 0 Å². The summed E-state index contributed by atoms with van der Waals surface area (Å²) in [7, 11) is 0. The maximum absolute atomic E-state index is 12.8. The first-order valence-corrected chi connectivity index (χ1v) is 4.85. The minimum Gasteiger partial charge on any atom is -0.480 e. The van der Waals surface area contributed by atoms with Crippen molar-refractivity contribution in [2.75, 3.05) is 0 Å². The third-order valence-corrected chi connectivity index (χ3v) is 2.60. The van der Waals surface area contributed by atoms with Gasteiger partial charge in [-0.25, -0.2) is 9.18 Å². The summed E-state index contributed by atoms with van der Waals surface area (Å²) in [5.41, 5.74) is -1.00. The van der Waals surface area contributed by atoms with Crippen LogP contribution < -0.4 is 5.32 Å². The van der Waals surface area contributed by atoms with E-state index in [9.17, 15) is 14.0 Å². The molecule has 0 heterocycles. The van der Waals surface area contributed by atoms with Crippen LogP contribution in [0.25, 0.3) is 0 Å². The molecule has 0 bridgehead atoms. The van der Waals surface area contributed by atoms with Gasteiger partial charge in [0.1, 0.15) is 11.4 Å². The maximum atomic E-state index is 12.8. The van der Waals surface area contributed by atoms with Crippen molar-refractivity contribution >= 4 is 11.9 Å². The van der Waals surface area contributed by atoms with Crippen LogP contribution in [0.3, 0.4) is 0 Å². The molecular weight excluding hydrogens is 213 g/mol. The Labute approximate surface area is 91.1 Å². The average molecular weight is 223 g/mol. The largest absolute Gasteiger partial charge is 0.480 e. The van der Waals surface area contributed by atoms with Gasteiger partial charge in [0.05, 0.1) is 0 Å². The van der Waals surface area contributed by atoms with E-state index in [-0.39, 0.29) is 5.56 Å². The summed E-state index contributed by atoms with van der Waals surface area (Å²) in [4.78, 5) is 22.4. The fourth-order valence-corrected chi connectivity index (χ4v) is 1.44. The number of nitrogens with one attached hydrogen (secondary N) is 1. The summed E-state index contributed by atoms with van der Waals surface area (Å²) in [5.74, 6) is -2.12. The molecule has 2 rings (SSSR count). The van der Waals surface area contributed by atoms with E-state index in [0.717, 1.165) is 6.07 Å². The van der Waals surface area contributed by atoms with Gasteiger partial charge in [0.25, 0.3) is 5.91 Å². The van der Waals surface area contributed by atoms with Crippen LogP contribution in [0.2, 0.25) is 0 Å². The lowest BCUT2D eigenvalue weighted by Crippen LogP contribution is -2.43. The molecule has 1 amide bonds. The van der Waals surface area contributed by atoms with Crippen LogP contribution in [0, 0.1) is 5.82 Å². The lowest BCUT2D eigenvalue weighted by Gasteiger charge is -2.12. The Bertz CT molecular complexity index is 454. The van der Waals surface area contributed by atoms with E-state index >= 15 is 0 Å². The second-order valence-corrected chi connectivity index (χ2v) is 3.85. The Morgan fingerprint density at radius 3 is 2.56 bits per heavy atom. The molecule has 0 radical (unpaired) electrons. The van der Waals surface area contributed by atoms with E-state index < -0.39 is 23.2 Å². The van der Waals surface area contributed by atoms with Crippen molar-refractivity contribution < 1.29 is 19.1 Å². The number of carboxylic acid groups (broad SMARTS) is 1. The molecule has 1 saturated carbocycles. The average Bonchev–Trinajstić information content (AvgIpc) is 2.99. The van der Waals surface area contributed by atoms with E-state index in [2.05, 4.69) is 5.32 Å². The van der Waals surface area contributed by atoms with Crippen molar-refractivity contribution in [3.05, 3.63) is 35.6 Å². The highest BCUT2D eigenvalue weighted by atomic mass is 19.1. The van der Waals surface area contributed by atoms with Crippen LogP contribution >= 0.6 is 0 Å². The van der Waals surface area contributed by atoms with Crippen LogP contribution in [-0.2, 0) is 4.79 Å². The molecule has 0 aliphatic heterocycles. The predicted octanol–water partition coefficient (Wildman–Crippen LogP) is 1.17. The van der Waals surface area contributed by atoms with Crippen molar-refractivity contribution in [2.45, 2.75) is 18.4 Å². The second-order valence-electron chi connectivity index (χ2n) is 3.85. The summed E-state index contributed by atoms with van der Waals surface area (Å²) in [6.07, 6.45) is 0.840. The summed E-state index contributed by atoms with van der Waals surface area (Å²) in [5, 5.41) is 11.3. The molecule has 5 heteroatoms. The molecule has 0 atom stereocenters. The highest BCUT2D eigenvalue weighted by Gasteiger charge is 2.51. The summed E-state index contributed by atoms with van der Waals surface area (Å²) in [6, 6.07) is 5.15. The zero-order valence-corrected chi connectivity index (χ0v) is 8.37. The van der Waals surface area contributed by atoms with Crippen LogP contribution in [0.1, 0.15) is 23.2 Å². The van der Waals surface area contributed by atoms with E-state index in [0.29, 0.717) is 12.8 Å². The van der Waals surface area contributed by atoms with Crippen LogP contribution in [0.15, 0.2) is 24.3 Å². The van der Waals surface area contributed by atoms with Crippen LogP contribution in [0.4, 0.5) is 4.39 Å². The van der Waals surface area contributed by atoms with Gasteiger partial charge in [-0.3, -0.25) is 4.79 Å². The number of aliphatic carboxylic acids is 1. The third-order valence-electron chi connectivity index (χ3n) is 2.60. The molecule has 84 valence electrons. The Kier molecular flexibility index (Phi) is 2.38. The predicted molar refractivity (Wildman–Crippen MR) is 53.5 cm³/mol. The number of benzene rings is 1. The topological polar surface area (TPSA) is 66.4 Å². The molecule has 1 aromatic rings. The van der Waals surface area contributed by atoms with Gasteiger partial charge >= 0.3 is 5.97 Å². The number of hydrogen-bond donors (Lipinski definition) is 2.